The van der Waals surface area contributed by atoms with Gasteiger partial charge >= 0.3 is 0 Å². The van der Waals surface area contributed by atoms with E-state index >= 15 is 0 Å². The van der Waals surface area contributed by atoms with Crippen LogP contribution in [0.4, 0.5) is 0 Å². The molecular formula is C5H14ClNOS. The fraction of sp³-hybridized carbons (Fsp3) is 1.00. The van der Waals surface area contributed by atoms with Crippen LogP contribution in [0.15, 0.2) is 0 Å². The van der Waals surface area contributed by atoms with Gasteiger partial charge < -0.3 is 10.4 Å². The van der Waals surface area contributed by atoms with Crippen LogP contribution in [0.1, 0.15) is 0 Å². The number of hydrogen-bond acceptors (Lipinski definition) is 2. The topological polar surface area (TPSA) is 32.3 Å². The van der Waals surface area contributed by atoms with Gasteiger partial charge in [0.25, 0.3) is 0 Å². The van der Waals surface area contributed by atoms with Gasteiger partial charge in [0, 0.05) is 13.1 Å². The van der Waals surface area contributed by atoms with Crippen molar-refractivity contribution >= 4 is 23.3 Å². The molecule has 0 aromatic heterocycles. The highest BCUT2D eigenvalue weighted by Gasteiger charge is 2.05. The number of nitrogens with one attached hydrogen (secondary N) is 1. The molecule has 2 N–H and O–H groups in total. The minimum atomic E-state index is 0. The third kappa shape index (κ3) is 3.30. The van der Waals surface area contributed by atoms with Gasteiger partial charge in [0.15, 0.2) is 0 Å². The zero-order valence-corrected chi connectivity index (χ0v) is 7.05. The van der Waals surface area contributed by atoms with Gasteiger partial charge in [0.2, 0.25) is 0 Å². The fourth-order valence-electron chi connectivity index (χ4n) is 0.853. The summed E-state index contributed by atoms with van der Waals surface area (Å²) in [6.07, 6.45) is 0. The second kappa shape index (κ2) is 5.35. The van der Waals surface area contributed by atoms with Crippen LogP contribution < -0.4 is 5.32 Å². The molecule has 0 radical (unpaired) electrons. The lowest BCUT2D eigenvalue weighted by Crippen LogP contribution is -2.29. The molecule has 58 valence electrons. The van der Waals surface area contributed by atoms with Crippen molar-refractivity contribution in [1.29, 1.82) is 0 Å². The number of thiol groups is 1. The molecule has 2 nitrogen and oxygen atoms in total. The summed E-state index contributed by atoms with van der Waals surface area (Å²) in [7, 11) is 0.0235. The van der Waals surface area contributed by atoms with Crippen LogP contribution in [0, 0.1) is 0 Å². The van der Waals surface area contributed by atoms with E-state index in [2.05, 4.69) is 5.32 Å². The van der Waals surface area contributed by atoms with Crippen molar-refractivity contribution in [3.05, 3.63) is 0 Å². The molecule has 0 amide bonds. The predicted molar refractivity (Wildman–Crippen MR) is 45.9 cm³/mol. The third-order valence-electron chi connectivity index (χ3n) is 1.41. The van der Waals surface area contributed by atoms with E-state index in [0.717, 1.165) is 13.1 Å². The average molecular weight is 172 g/mol. The fourth-order valence-corrected chi connectivity index (χ4v) is 2.31. The zero-order valence-electron chi connectivity index (χ0n) is 5.34. The zero-order chi connectivity index (χ0) is 5.82. The van der Waals surface area contributed by atoms with Gasteiger partial charge in [-0.15, -0.1) is 12.4 Å². The Bertz CT molecular complexity index is 68.0. The summed E-state index contributed by atoms with van der Waals surface area (Å²) in [6, 6.07) is 0. The molecule has 0 atom stereocenters. The van der Waals surface area contributed by atoms with Crippen LogP contribution in [0.3, 0.4) is 0 Å². The van der Waals surface area contributed by atoms with E-state index in [-0.39, 0.29) is 23.3 Å². The summed E-state index contributed by atoms with van der Waals surface area (Å²) < 4.78 is 0. The number of aliphatic hydroxyl groups is 1. The van der Waals surface area contributed by atoms with Gasteiger partial charge in [-0.2, -0.15) is 0 Å². The van der Waals surface area contributed by atoms with Crippen LogP contribution >= 0.6 is 23.3 Å². The molecule has 9 heavy (non-hydrogen) atoms. The first-order chi connectivity index (χ1) is 3.93. The lowest BCUT2D eigenvalue weighted by molar-refractivity contribution is 0.372. The Hall–Kier alpha value is 0.560. The minimum Gasteiger partial charge on any atom is -0.387 e. The molecule has 0 saturated carbocycles. The molecule has 0 aromatic rings. The van der Waals surface area contributed by atoms with Gasteiger partial charge in [-0.05, 0) is 11.5 Å². The van der Waals surface area contributed by atoms with E-state index in [0.29, 0.717) is 5.94 Å². The minimum absolute atomic E-state index is 0. The summed E-state index contributed by atoms with van der Waals surface area (Å²) in [6.45, 7) is 2.23. The number of hydrogen-bond donors (Lipinski definition) is 3. The van der Waals surface area contributed by atoms with Gasteiger partial charge in [0.1, 0.15) is 0 Å². The van der Waals surface area contributed by atoms with E-state index in [4.69, 9.17) is 5.11 Å². The molecule has 1 rings (SSSR count). The molecule has 0 spiro atoms. The van der Waals surface area contributed by atoms with Crippen molar-refractivity contribution in [2.75, 3.05) is 30.5 Å². The lowest BCUT2D eigenvalue weighted by atomic mass is 10.6. The van der Waals surface area contributed by atoms with Crippen LogP contribution in [0.2, 0.25) is 0 Å². The average Bonchev–Trinajstić information content (AvgIpc) is 1.90. The summed E-state index contributed by atoms with van der Waals surface area (Å²) in [5.41, 5.74) is 0. The van der Waals surface area contributed by atoms with Crippen LogP contribution in [0.25, 0.3) is 0 Å². The molecule has 0 bridgehead atoms. The normalized spacial score (nSPS) is 23.0. The number of rotatable bonds is 1. The van der Waals surface area contributed by atoms with E-state index in [1.165, 1.54) is 11.5 Å². The number of aliphatic hydroxyl groups excluding tert-OH is 1. The molecule has 0 aromatic carbocycles. The third-order valence-corrected chi connectivity index (χ3v) is 3.52. The Morgan fingerprint density at radius 1 is 1.33 bits per heavy atom. The number of halogens is 1. The second-order valence-corrected chi connectivity index (χ2v) is 4.53. The Balaban J connectivity index is 0.000000640. The van der Waals surface area contributed by atoms with Crippen molar-refractivity contribution in [1.82, 2.24) is 5.32 Å². The Morgan fingerprint density at radius 2 is 1.89 bits per heavy atom. The van der Waals surface area contributed by atoms with Crippen molar-refractivity contribution in [3.8, 4) is 0 Å². The van der Waals surface area contributed by atoms with E-state index in [1.807, 2.05) is 0 Å². The summed E-state index contributed by atoms with van der Waals surface area (Å²) in [5, 5.41) is 11.9. The maximum Gasteiger partial charge on any atom is 0.0712 e. The lowest BCUT2D eigenvalue weighted by Gasteiger charge is -2.23. The first kappa shape index (κ1) is 9.56. The van der Waals surface area contributed by atoms with Crippen molar-refractivity contribution < 1.29 is 5.11 Å². The summed E-state index contributed by atoms with van der Waals surface area (Å²) in [5.74, 6) is 2.87. The van der Waals surface area contributed by atoms with Crippen molar-refractivity contribution in [3.63, 3.8) is 0 Å². The van der Waals surface area contributed by atoms with Gasteiger partial charge in [-0.3, -0.25) is 0 Å². The highest BCUT2D eigenvalue weighted by atomic mass is 35.5. The molecule has 1 saturated heterocycles. The highest BCUT2D eigenvalue weighted by molar-refractivity contribution is 8.16. The smallest absolute Gasteiger partial charge is 0.0712 e. The largest absolute Gasteiger partial charge is 0.387 e. The van der Waals surface area contributed by atoms with Crippen LogP contribution in [-0.4, -0.2) is 35.6 Å². The van der Waals surface area contributed by atoms with Gasteiger partial charge in [0.05, 0.1) is 5.94 Å². The van der Waals surface area contributed by atoms with E-state index in [1.54, 1.807) is 0 Å². The van der Waals surface area contributed by atoms with Gasteiger partial charge in [-0.25, -0.2) is 10.9 Å². The Kier molecular flexibility index (Phi) is 5.69. The van der Waals surface area contributed by atoms with Crippen LogP contribution in [0.5, 0.6) is 0 Å². The second-order valence-electron chi connectivity index (χ2n) is 2.01. The molecular weight excluding hydrogens is 158 g/mol. The predicted octanol–water partition coefficient (Wildman–Crippen LogP) is -0.0376. The first-order valence-corrected chi connectivity index (χ1v) is 4.87. The Labute approximate surface area is 64.8 Å². The highest BCUT2D eigenvalue weighted by Crippen LogP contribution is 2.22. The van der Waals surface area contributed by atoms with Gasteiger partial charge in [-0.1, -0.05) is 0 Å². The maximum atomic E-state index is 8.69. The summed E-state index contributed by atoms with van der Waals surface area (Å²) >= 11 is 0. The molecule has 0 unspecified atom stereocenters. The quantitative estimate of drug-likeness (QED) is 0.484. The molecule has 1 aliphatic rings. The molecule has 1 heterocycles. The summed E-state index contributed by atoms with van der Waals surface area (Å²) in [4.78, 5) is 0. The molecule has 1 aliphatic heterocycles. The monoisotopic (exact) mass is 171 g/mol. The van der Waals surface area contributed by atoms with Crippen molar-refractivity contribution in [2.24, 2.45) is 0 Å². The molecule has 1 fully saturated rings. The van der Waals surface area contributed by atoms with E-state index < -0.39 is 0 Å². The van der Waals surface area contributed by atoms with Crippen molar-refractivity contribution in [2.45, 2.75) is 0 Å². The molecule has 0 aliphatic carbocycles. The first-order valence-electron chi connectivity index (χ1n) is 2.97. The Morgan fingerprint density at radius 3 is 2.22 bits per heavy atom. The van der Waals surface area contributed by atoms with Crippen LogP contribution in [-0.2, 0) is 0 Å². The van der Waals surface area contributed by atoms with E-state index in [9.17, 15) is 0 Å². The maximum absolute atomic E-state index is 8.69. The standard InChI is InChI=1S/C5H13NOS.ClH/c7-5-8-3-1-6-2-4-8;/h6-8H,1-5H2;1H. The molecule has 4 heteroatoms. The SMILES string of the molecule is Cl.OC[SH]1CCNCC1.